The van der Waals surface area contributed by atoms with Gasteiger partial charge in [-0.1, -0.05) is 6.07 Å². The van der Waals surface area contributed by atoms with Crippen LogP contribution >= 0.6 is 0 Å². The van der Waals surface area contributed by atoms with Gasteiger partial charge in [0.05, 0.1) is 24.4 Å². The Morgan fingerprint density at radius 3 is 2.61 bits per heavy atom. The fourth-order valence-corrected chi connectivity index (χ4v) is 4.30. The van der Waals surface area contributed by atoms with Crippen LogP contribution in [-0.4, -0.2) is 51.4 Å². The van der Waals surface area contributed by atoms with Crippen LogP contribution in [0, 0.1) is 0 Å². The molecule has 1 aliphatic carbocycles. The van der Waals surface area contributed by atoms with Gasteiger partial charge in [0.25, 0.3) is 0 Å². The molecule has 166 valence electrons. The fraction of sp³-hybridized carbons (Fsp3) is 0.450. The third-order valence-electron chi connectivity index (χ3n) is 5.26. The van der Waals surface area contributed by atoms with E-state index < -0.39 is 10.0 Å². The summed E-state index contributed by atoms with van der Waals surface area (Å²) in [5, 5.41) is 16.4. The molecule has 1 fully saturated rings. The van der Waals surface area contributed by atoms with Crippen molar-refractivity contribution in [2.45, 2.75) is 51.3 Å². The number of anilines is 4. The molecule has 0 aliphatic heterocycles. The molecule has 11 heteroatoms. The number of aliphatic hydroxyl groups excluding tert-OH is 1. The zero-order valence-corrected chi connectivity index (χ0v) is 18.4. The van der Waals surface area contributed by atoms with Gasteiger partial charge in [-0.15, -0.1) is 0 Å². The molecule has 0 amide bonds. The SMILES string of the molecule is CCn1cnc2c(Nc3cccc(NS(C)(=O)=O)c3)nc(N[C@H]3CC[C@H](O)CC3)nc21. The van der Waals surface area contributed by atoms with Gasteiger partial charge in [0.2, 0.25) is 16.0 Å². The molecule has 4 N–H and O–H groups in total. The molecule has 0 saturated heterocycles. The summed E-state index contributed by atoms with van der Waals surface area (Å²) in [4.78, 5) is 13.8. The summed E-state index contributed by atoms with van der Waals surface area (Å²) in [7, 11) is -3.38. The second-order valence-corrected chi connectivity index (χ2v) is 9.58. The zero-order chi connectivity index (χ0) is 22.0. The van der Waals surface area contributed by atoms with Gasteiger partial charge < -0.3 is 20.3 Å². The van der Waals surface area contributed by atoms with Gasteiger partial charge in [0.1, 0.15) is 0 Å². The molecule has 4 rings (SSSR count). The van der Waals surface area contributed by atoms with Crippen LogP contribution in [0.2, 0.25) is 0 Å². The number of hydrogen-bond donors (Lipinski definition) is 4. The first kappa shape index (κ1) is 21.3. The predicted octanol–water partition coefficient (Wildman–Crippen LogP) is 2.68. The second-order valence-electron chi connectivity index (χ2n) is 7.83. The molecule has 0 spiro atoms. The van der Waals surface area contributed by atoms with E-state index in [0.29, 0.717) is 34.3 Å². The van der Waals surface area contributed by atoms with Gasteiger partial charge in [0, 0.05) is 18.3 Å². The summed E-state index contributed by atoms with van der Waals surface area (Å²) in [6, 6.07) is 7.16. The molecule has 1 saturated carbocycles. The largest absolute Gasteiger partial charge is 0.393 e. The number of benzene rings is 1. The average molecular weight is 446 g/mol. The van der Waals surface area contributed by atoms with Crippen LogP contribution in [0.15, 0.2) is 30.6 Å². The molecule has 0 atom stereocenters. The Bertz CT molecular complexity index is 1170. The van der Waals surface area contributed by atoms with E-state index in [9.17, 15) is 13.5 Å². The standard InChI is InChI=1S/C20H27N7O3S/c1-3-27-12-21-17-18(22-14-5-4-6-15(11-14)26-31(2,29)30)24-20(25-19(17)27)23-13-7-9-16(28)10-8-13/h4-6,11-13,16,26,28H,3,7-10H2,1-2H3,(H2,22,23,24,25)/t13-,16-. The van der Waals surface area contributed by atoms with Crippen LogP contribution in [0.5, 0.6) is 0 Å². The summed E-state index contributed by atoms with van der Waals surface area (Å²) in [6.07, 6.45) is 5.85. The fourth-order valence-electron chi connectivity index (χ4n) is 3.74. The summed E-state index contributed by atoms with van der Waals surface area (Å²) >= 11 is 0. The molecule has 3 aromatic rings. The third kappa shape index (κ3) is 5.23. The molecule has 0 radical (unpaired) electrons. The highest BCUT2D eigenvalue weighted by Crippen LogP contribution is 2.27. The summed E-state index contributed by atoms with van der Waals surface area (Å²) in [5.41, 5.74) is 2.47. The first-order chi connectivity index (χ1) is 14.8. The highest BCUT2D eigenvalue weighted by Gasteiger charge is 2.21. The zero-order valence-electron chi connectivity index (χ0n) is 17.5. The molecule has 10 nitrogen and oxygen atoms in total. The maximum Gasteiger partial charge on any atom is 0.229 e. The summed E-state index contributed by atoms with van der Waals surface area (Å²) in [6.45, 7) is 2.74. The van der Waals surface area contributed by atoms with Crippen LogP contribution in [0.25, 0.3) is 11.2 Å². The quantitative estimate of drug-likeness (QED) is 0.436. The molecule has 0 unspecified atom stereocenters. The molecular weight excluding hydrogens is 418 g/mol. The van der Waals surface area contributed by atoms with Gasteiger partial charge in [-0.3, -0.25) is 4.72 Å². The number of aromatic nitrogens is 4. The normalized spacial score (nSPS) is 19.3. The van der Waals surface area contributed by atoms with Gasteiger partial charge in [-0.25, -0.2) is 13.4 Å². The first-order valence-electron chi connectivity index (χ1n) is 10.3. The highest BCUT2D eigenvalue weighted by atomic mass is 32.2. The van der Waals surface area contributed by atoms with Gasteiger partial charge in [-0.05, 0) is 50.8 Å². The summed E-state index contributed by atoms with van der Waals surface area (Å²) in [5.74, 6) is 1.03. The lowest BCUT2D eigenvalue weighted by Gasteiger charge is -2.26. The monoisotopic (exact) mass is 445 g/mol. The third-order valence-corrected chi connectivity index (χ3v) is 5.87. The van der Waals surface area contributed by atoms with Crippen molar-refractivity contribution in [3.63, 3.8) is 0 Å². The lowest BCUT2D eigenvalue weighted by Crippen LogP contribution is -2.29. The van der Waals surface area contributed by atoms with Crippen molar-refractivity contribution in [3.05, 3.63) is 30.6 Å². The predicted molar refractivity (Wildman–Crippen MR) is 121 cm³/mol. The number of aryl methyl sites for hydroxylation is 1. The highest BCUT2D eigenvalue weighted by molar-refractivity contribution is 7.92. The molecular formula is C20H27N7O3S. The number of imidazole rings is 1. The number of rotatable bonds is 7. The Morgan fingerprint density at radius 1 is 1.16 bits per heavy atom. The van der Waals surface area contributed by atoms with E-state index in [1.807, 2.05) is 17.6 Å². The van der Waals surface area contributed by atoms with E-state index in [-0.39, 0.29) is 12.1 Å². The van der Waals surface area contributed by atoms with E-state index >= 15 is 0 Å². The molecule has 1 aliphatic rings. The van der Waals surface area contributed by atoms with Crippen LogP contribution < -0.4 is 15.4 Å². The van der Waals surface area contributed by atoms with Crippen LogP contribution in [0.4, 0.5) is 23.1 Å². The molecule has 2 aromatic heterocycles. The minimum Gasteiger partial charge on any atom is -0.393 e. The Kier molecular flexibility index (Phi) is 5.96. The van der Waals surface area contributed by atoms with E-state index in [1.54, 1.807) is 24.5 Å². The van der Waals surface area contributed by atoms with Crippen molar-refractivity contribution in [2.24, 2.45) is 0 Å². The van der Waals surface area contributed by atoms with Crippen molar-refractivity contribution in [3.8, 4) is 0 Å². The average Bonchev–Trinajstić information content (AvgIpc) is 3.12. The van der Waals surface area contributed by atoms with Crippen molar-refractivity contribution >= 4 is 44.3 Å². The van der Waals surface area contributed by atoms with E-state index in [1.165, 1.54) is 0 Å². The second kappa shape index (κ2) is 8.67. The molecule has 31 heavy (non-hydrogen) atoms. The van der Waals surface area contributed by atoms with Crippen molar-refractivity contribution < 1.29 is 13.5 Å². The van der Waals surface area contributed by atoms with Crippen LogP contribution in [-0.2, 0) is 16.6 Å². The smallest absolute Gasteiger partial charge is 0.229 e. The Hall–Kier alpha value is -2.92. The molecule has 0 bridgehead atoms. The minimum atomic E-state index is -3.38. The lowest BCUT2D eigenvalue weighted by atomic mass is 9.93. The number of nitrogens with one attached hydrogen (secondary N) is 3. The number of fused-ring (bicyclic) bond motifs is 1. The van der Waals surface area contributed by atoms with Gasteiger partial charge in [-0.2, -0.15) is 9.97 Å². The van der Waals surface area contributed by atoms with Crippen LogP contribution in [0.1, 0.15) is 32.6 Å². The molecule has 1 aromatic carbocycles. The number of aliphatic hydroxyl groups is 1. The van der Waals surface area contributed by atoms with E-state index in [2.05, 4.69) is 30.3 Å². The van der Waals surface area contributed by atoms with Gasteiger partial charge in [0.15, 0.2) is 17.0 Å². The number of sulfonamides is 1. The minimum absolute atomic E-state index is 0.203. The molecule has 2 heterocycles. The topological polar surface area (TPSA) is 134 Å². The number of nitrogens with zero attached hydrogens (tertiary/aromatic N) is 4. The van der Waals surface area contributed by atoms with Crippen molar-refractivity contribution in [1.82, 2.24) is 19.5 Å². The Morgan fingerprint density at radius 2 is 1.90 bits per heavy atom. The van der Waals surface area contributed by atoms with Crippen molar-refractivity contribution in [1.29, 1.82) is 0 Å². The maximum absolute atomic E-state index is 11.5. The van der Waals surface area contributed by atoms with Crippen LogP contribution in [0.3, 0.4) is 0 Å². The first-order valence-corrected chi connectivity index (χ1v) is 12.2. The van der Waals surface area contributed by atoms with E-state index in [0.717, 1.165) is 38.5 Å². The Balaban J connectivity index is 1.65. The maximum atomic E-state index is 11.5. The number of hydrogen-bond acceptors (Lipinski definition) is 8. The van der Waals surface area contributed by atoms with E-state index in [4.69, 9.17) is 0 Å². The van der Waals surface area contributed by atoms with Crippen molar-refractivity contribution in [2.75, 3.05) is 21.6 Å². The lowest BCUT2D eigenvalue weighted by molar-refractivity contribution is 0.126. The summed E-state index contributed by atoms with van der Waals surface area (Å²) < 4.78 is 27.5. The van der Waals surface area contributed by atoms with Gasteiger partial charge >= 0.3 is 0 Å². The Labute approximate surface area is 181 Å².